The Balaban J connectivity index is 2.30. The Labute approximate surface area is 127 Å². The number of anilines is 1. The standard InChI is InChI=1S/C13H6ClF3N4O/c14-11-10(19-3-4-20-11)12(22)21-8-1-2-9(13(15,16)17)7(5-8)6-18/h1-5H,(H,21,22). The second-order valence-electron chi connectivity index (χ2n) is 4.02. The lowest BCUT2D eigenvalue weighted by molar-refractivity contribution is -0.137. The molecule has 1 N–H and O–H groups in total. The van der Waals surface area contributed by atoms with Crippen LogP contribution >= 0.6 is 11.6 Å². The number of hydrogen-bond donors (Lipinski definition) is 1. The van der Waals surface area contributed by atoms with E-state index in [9.17, 15) is 18.0 Å². The van der Waals surface area contributed by atoms with E-state index in [-0.39, 0.29) is 16.5 Å². The van der Waals surface area contributed by atoms with E-state index in [4.69, 9.17) is 16.9 Å². The molecule has 22 heavy (non-hydrogen) atoms. The van der Waals surface area contributed by atoms with E-state index >= 15 is 0 Å². The van der Waals surface area contributed by atoms with Crippen molar-refractivity contribution in [2.24, 2.45) is 0 Å². The smallest absolute Gasteiger partial charge is 0.321 e. The number of benzene rings is 1. The van der Waals surface area contributed by atoms with Crippen LogP contribution in [0.5, 0.6) is 0 Å². The maximum absolute atomic E-state index is 12.7. The van der Waals surface area contributed by atoms with Gasteiger partial charge in [0.1, 0.15) is 0 Å². The monoisotopic (exact) mass is 326 g/mol. The van der Waals surface area contributed by atoms with Gasteiger partial charge in [-0.1, -0.05) is 11.6 Å². The largest absolute Gasteiger partial charge is 0.417 e. The first-order valence-electron chi connectivity index (χ1n) is 5.72. The molecule has 1 heterocycles. The van der Waals surface area contributed by atoms with Crippen molar-refractivity contribution in [3.63, 3.8) is 0 Å². The van der Waals surface area contributed by atoms with Gasteiger partial charge in [0.05, 0.1) is 17.2 Å². The van der Waals surface area contributed by atoms with E-state index < -0.39 is 23.2 Å². The average Bonchev–Trinajstić information content (AvgIpc) is 2.46. The number of carbonyl (C=O) groups excluding carboxylic acids is 1. The number of nitriles is 1. The van der Waals surface area contributed by atoms with Crippen LogP contribution in [0, 0.1) is 11.3 Å². The van der Waals surface area contributed by atoms with Crippen LogP contribution in [-0.2, 0) is 6.18 Å². The van der Waals surface area contributed by atoms with E-state index in [2.05, 4.69) is 15.3 Å². The van der Waals surface area contributed by atoms with Gasteiger partial charge in [-0.3, -0.25) is 4.79 Å². The van der Waals surface area contributed by atoms with Gasteiger partial charge in [-0.15, -0.1) is 0 Å². The number of rotatable bonds is 2. The lowest BCUT2D eigenvalue weighted by Crippen LogP contribution is -2.15. The summed E-state index contributed by atoms with van der Waals surface area (Å²) in [6.45, 7) is 0. The van der Waals surface area contributed by atoms with Gasteiger partial charge < -0.3 is 5.32 Å². The van der Waals surface area contributed by atoms with Crippen LogP contribution in [0.25, 0.3) is 0 Å². The molecule has 1 aromatic carbocycles. The van der Waals surface area contributed by atoms with Crippen molar-refractivity contribution in [3.8, 4) is 6.07 Å². The molecule has 0 saturated carbocycles. The summed E-state index contributed by atoms with van der Waals surface area (Å²) in [4.78, 5) is 19.3. The van der Waals surface area contributed by atoms with Crippen LogP contribution in [0.15, 0.2) is 30.6 Å². The molecule has 0 bridgehead atoms. The summed E-state index contributed by atoms with van der Waals surface area (Å²) in [6.07, 6.45) is -2.12. The highest BCUT2D eigenvalue weighted by Crippen LogP contribution is 2.33. The minimum Gasteiger partial charge on any atom is -0.321 e. The average molecular weight is 327 g/mol. The maximum atomic E-state index is 12.7. The normalized spacial score (nSPS) is 10.9. The summed E-state index contributed by atoms with van der Waals surface area (Å²) >= 11 is 5.69. The molecule has 2 aromatic rings. The van der Waals surface area contributed by atoms with Gasteiger partial charge in [0.2, 0.25) is 0 Å². The number of carbonyl (C=O) groups is 1. The summed E-state index contributed by atoms with van der Waals surface area (Å²) in [7, 11) is 0. The van der Waals surface area contributed by atoms with E-state index in [1.165, 1.54) is 18.5 Å². The molecule has 2 rings (SSSR count). The van der Waals surface area contributed by atoms with Crippen molar-refractivity contribution >= 4 is 23.2 Å². The lowest BCUT2D eigenvalue weighted by Gasteiger charge is -2.11. The Hall–Kier alpha value is -2.66. The van der Waals surface area contributed by atoms with E-state index in [0.717, 1.165) is 12.1 Å². The van der Waals surface area contributed by atoms with Gasteiger partial charge in [-0.2, -0.15) is 18.4 Å². The number of alkyl halides is 3. The minimum absolute atomic E-state index is 0.0104. The molecule has 0 radical (unpaired) electrons. The first kappa shape index (κ1) is 15.7. The molecule has 0 atom stereocenters. The van der Waals surface area contributed by atoms with E-state index in [0.29, 0.717) is 6.07 Å². The Morgan fingerprint density at radius 2 is 1.95 bits per heavy atom. The van der Waals surface area contributed by atoms with Crippen molar-refractivity contribution in [1.29, 1.82) is 5.26 Å². The van der Waals surface area contributed by atoms with Crippen molar-refractivity contribution in [1.82, 2.24) is 9.97 Å². The van der Waals surface area contributed by atoms with Crippen LogP contribution in [0.4, 0.5) is 18.9 Å². The molecule has 0 fully saturated rings. The van der Waals surface area contributed by atoms with Crippen molar-refractivity contribution < 1.29 is 18.0 Å². The summed E-state index contributed by atoms with van der Waals surface area (Å²) in [6, 6.07) is 4.11. The molecule has 0 spiro atoms. The van der Waals surface area contributed by atoms with Crippen LogP contribution in [0.1, 0.15) is 21.6 Å². The Morgan fingerprint density at radius 1 is 1.27 bits per heavy atom. The topological polar surface area (TPSA) is 78.7 Å². The molecule has 5 nitrogen and oxygen atoms in total. The van der Waals surface area contributed by atoms with E-state index in [1.807, 2.05) is 0 Å². The van der Waals surface area contributed by atoms with Gasteiger partial charge in [-0.25, -0.2) is 9.97 Å². The zero-order valence-electron chi connectivity index (χ0n) is 10.6. The maximum Gasteiger partial charge on any atom is 0.417 e. The van der Waals surface area contributed by atoms with Crippen LogP contribution < -0.4 is 5.32 Å². The van der Waals surface area contributed by atoms with E-state index in [1.54, 1.807) is 0 Å². The predicted molar refractivity (Wildman–Crippen MR) is 71.2 cm³/mol. The number of amides is 1. The van der Waals surface area contributed by atoms with Crippen molar-refractivity contribution in [2.75, 3.05) is 5.32 Å². The van der Waals surface area contributed by atoms with Gasteiger partial charge in [-0.05, 0) is 18.2 Å². The van der Waals surface area contributed by atoms with Gasteiger partial charge >= 0.3 is 6.18 Å². The molecule has 0 saturated heterocycles. The predicted octanol–water partition coefficient (Wildman–Crippen LogP) is 3.27. The molecule has 0 aliphatic carbocycles. The third kappa shape index (κ3) is 3.32. The Bertz CT molecular complexity index is 771. The third-order valence-electron chi connectivity index (χ3n) is 2.57. The highest BCUT2D eigenvalue weighted by molar-refractivity contribution is 6.32. The number of hydrogen-bond acceptors (Lipinski definition) is 4. The molecule has 0 aliphatic rings. The fraction of sp³-hybridized carbons (Fsp3) is 0.0769. The number of nitrogens with zero attached hydrogens (tertiary/aromatic N) is 3. The second kappa shape index (κ2) is 5.99. The Morgan fingerprint density at radius 3 is 2.55 bits per heavy atom. The summed E-state index contributed by atoms with van der Waals surface area (Å²) in [5.41, 5.74) is -1.85. The zero-order valence-corrected chi connectivity index (χ0v) is 11.4. The summed E-state index contributed by atoms with van der Waals surface area (Å²) in [5, 5.41) is 11.0. The van der Waals surface area contributed by atoms with Gasteiger partial charge in [0.15, 0.2) is 10.8 Å². The quantitative estimate of drug-likeness (QED) is 0.918. The third-order valence-corrected chi connectivity index (χ3v) is 2.85. The van der Waals surface area contributed by atoms with Crippen LogP contribution in [0.3, 0.4) is 0 Å². The fourth-order valence-corrected chi connectivity index (χ4v) is 1.82. The zero-order chi connectivity index (χ0) is 16.3. The molecular formula is C13H6ClF3N4O. The SMILES string of the molecule is N#Cc1cc(NC(=O)c2nccnc2Cl)ccc1C(F)(F)F. The number of nitrogens with one attached hydrogen (secondary N) is 1. The molecule has 0 unspecified atom stereocenters. The molecule has 0 aliphatic heterocycles. The fourth-order valence-electron chi connectivity index (χ4n) is 1.63. The number of halogens is 4. The molecule has 1 aromatic heterocycles. The van der Waals surface area contributed by atoms with Crippen LogP contribution in [-0.4, -0.2) is 15.9 Å². The Kier molecular flexibility index (Phi) is 4.28. The first-order chi connectivity index (χ1) is 10.3. The number of aromatic nitrogens is 2. The second-order valence-corrected chi connectivity index (χ2v) is 4.38. The highest BCUT2D eigenvalue weighted by Gasteiger charge is 2.33. The minimum atomic E-state index is -4.65. The lowest BCUT2D eigenvalue weighted by atomic mass is 10.1. The first-order valence-corrected chi connectivity index (χ1v) is 6.10. The van der Waals surface area contributed by atoms with Gasteiger partial charge in [0.25, 0.3) is 5.91 Å². The molecule has 112 valence electrons. The molecular weight excluding hydrogens is 321 g/mol. The van der Waals surface area contributed by atoms with Crippen LogP contribution in [0.2, 0.25) is 5.15 Å². The molecule has 1 amide bonds. The van der Waals surface area contributed by atoms with Crippen molar-refractivity contribution in [3.05, 3.63) is 52.6 Å². The highest BCUT2D eigenvalue weighted by atomic mass is 35.5. The molecule has 9 heteroatoms. The van der Waals surface area contributed by atoms with Gasteiger partial charge in [0, 0.05) is 18.1 Å². The summed E-state index contributed by atoms with van der Waals surface area (Å²) in [5.74, 6) is -0.748. The summed E-state index contributed by atoms with van der Waals surface area (Å²) < 4.78 is 38.0. The van der Waals surface area contributed by atoms with Crippen molar-refractivity contribution in [2.45, 2.75) is 6.18 Å².